The number of fused-ring (bicyclic) bond motifs is 1. The van der Waals surface area contributed by atoms with Gasteiger partial charge in [-0.15, -0.1) is 0 Å². The van der Waals surface area contributed by atoms with Crippen molar-refractivity contribution >= 4 is 64.0 Å². The van der Waals surface area contributed by atoms with E-state index in [-0.39, 0.29) is 21.4 Å². The first-order valence-corrected chi connectivity index (χ1v) is 9.46. The number of benzene rings is 2. The third kappa shape index (κ3) is 2.88. The number of methoxy groups -OCH3 is 1. The predicted molar refractivity (Wildman–Crippen MR) is 108 cm³/mol. The van der Waals surface area contributed by atoms with Crippen molar-refractivity contribution in [2.75, 3.05) is 12.0 Å². The molecule has 0 bridgehead atoms. The third-order valence-corrected chi connectivity index (χ3v) is 5.55. The molecule has 0 aromatic heterocycles. The summed E-state index contributed by atoms with van der Waals surface area (Å²) in [5.74, 6) is -3.33. The Balaban J connectivity index is 1.91. The van der Waals surface area contributed by atoms with E-state index in [4.69, 9.17) is 39.5 Å². The van der Waals surface area contributed by atoms with E-state index in [1.807, 2.05) is 0 Å². The first-order valence-electron chi connectivity index (χ1n) is 8.33. The Bertz CT molecular complexity index is 1070. The summed E-state index contributed by atoms with van der Waals surface area (Å²) in [5.41, 5.74) is 1.49. The van der Waals surface area contributed by atoms with Crippen molar-refractivity contribution < 1.29 is 19.1 Å². The molecule has 2 amide bonds. The zero-order valence-corrected chi connectivity index (χ0v) is 17.0. The number of ether oxygens (including phenoxy) is 1. The van der Waals surface area contributed by atoms with Crippen LogP contribution in [0.5, 0.6) is 0 Å². The van der Waals surface area contributed by atoms with Gasteiger partial charge in [0.25, 0.3) is 5.91 Å². The summed E-state index contributed by atoms with van der Waals surface area (Å²) in [6.45, 7) is 0. The zero-order valence-electron chi connectivity index (χ0n) is 14.8. The lowest BCUT2D eigenvalue weighted by Gasteiger charge is -2.26. The Morgan fingerprint density at radius 3 is 2.28 bits per heavy atom. The summed E-state index contributed by atoms with van der Waals surface area (Å²) < 4.78 is 4.75. The van der Waals surface area contributed by atoms with Gasteiger partial charge in [0.1, 0.15) is 5.92 Å². The quantitative estimate of drug-likeness (QED) is 0.571. The number of halogens is 3. The summed E-state index contributed by atoms with van der Waals surface area (Å²) in [6, 6.07) is 10.7. The van der Waals surface area contributed by atoms with Gasteiger partial charge < -0.3 is 4.74 Å². The number of anilines is 1. The lowest BCUT2D eigenvalue weighted by molar-refractivity contribution is -0.133. The Morgan fingerprint density at radius 1 is 1.07 bits per heavy atom. The number of carbonyl (C=O) groups is 3. The first kappa shape index (κ1) is 19.7. The molecule has 2 unspecified atom stereocenters. The molecule has 0 radical (unpaired) electrons. The summed E-state index contributed by atoms with van der Waals surface area (Å²) >= 11 is 18.1. The van der Waals surface area contributed by atoms with Crippen molar-refractivity contribution in [3.05, 3.63) is 63.1 Å². The van der Waals surface area contributed by atoms with Crippen molar-refractivity contribution in [1.29, 1.82) is 0 Å². The van der Waals surface area contributed by atoms with Gasteiger partial charge >= 0.3 is 5.97 Å². The van der Waals surface area contributed by atoms with Gasteiger partial charge in [0.15, 0.2) is 11.3 Å². The second-order valence-corrected chi connectivity index (χ2v) is 7.76. The van der Waals surface area contributed by atoms with Crippen LogP contribution < -0.4 is 10.3 Å². The van der Waals surface area contributed by atoms with Gasteiger partial charge in [-0.1, -0.05) is 46.9 Å². The molecule has 1 saturated heterocycles. The molecule has 2 aliphatic heterocycles. The topological polar surface area (TPSA) is 88.1 Å². The molecule has 2 aliphatic rings. The highest BCUT2D eigenvalue weighted by molar-refractivity contribution is 6.47. The zero-order chi connectivity index (χ0) is 20.9. The van der Waals surface area contributed by atoms with Gasteiger partial charge in [-0.05, 0) is 35.9 Å². The van der Waals surface area contributed by atoms with Crippen LogP contribution in [0.15, 0.2) is 47.6 Å². The summed E-state index contributed by atoms with van der Waals surface area (Å²) in [7, 11) is 1.17. The highest BCUT2D eigenvalue weighted by Crippen LogP contribution is 2.45. The Hall–Kier alpha value is -2.61. The van der Waals surface area contributed by atoms with Gasteiger partial charge in [0.2, 0.25) is 5.91 Å². The maximum Gasteiger partial charge on any atom is 0.355 e. The molecule has 148 valence electrons. The minimum atomic E-state index is -1.63. The largest absolute Gasteiger partial charge is 0.464 e. The van der Waals surface area contributed by atoms with Crippen molar-refractivity contribution in [2.24, 2.45) is 11.0 Å². The lowest BCUT2D eigenvalue weighted by atomic mass is 9.79. The number of nitrogens with zero attached hydrogens (tertiary/aromatic N) is 2. The summed E-state index contributed by atoms with van der Waals surface area (Å²) in [4.78, 5) is 40.1. The second-order valence-electron chi connectivity index (χ2n) is 6.45. The fourth-order valence-corrected chi connectivity index (χ4v) is 4.25. The van der Waals surface area contributed by atoms with E-state index >= 15 is 0 Å². The summed E-state index contributed by atoms with van der Waals surface area (Å²) in [6.07, 6.45) is 0. The molecule has 1 N–H and O–H groups in total. The van der Waals surface area contributed by atoms with Gasteiger partial charge in [-0.3, -0.25) is 15.0 Å². The average molecular weight is 453 g/mol. The highest BCUT2D eigenvalue weighted by atomic mass is 35.5. The molecule has 2 aromatic carbocycles. The van der Waals surface area contributed by atoms with Crippen LogP contribution in [0.1, 0.15) is 5.56 Å². The van der Waals surface area contributed by atoms with Crippen LogP contribution in [0.25, 0.3) is 0 Å². The molecule has 29 heavy (non-hydrogen) atoms. The Labute approximate surface area is 180 Å². The van der Waals surface area contributed by atoms with Gasteiger partial charge in [0, 0.05) is 15.1 Å². The molecular weight excluding hydrogens is 441 g/mol. The SMILES string of the molecule is COC(=O)C1=NNC2(c3ccc(Cl)cc3)C(=O)N(c3cc(Cl)cc(Cl)c3)C(=O)C12. The third-order valence-electron chi connectivity index (χ3n) is 4.87. The van der Waals surface area contributed by atoms with Crippen molar-refractivity contribution in [1.82, 2.24) is 5.43 Å². The molecule has 0 saturated carbocycles. The van der Waals surface area contributed by atoms with E-state index in [1.54, 1.807) is 24.3 Å². The maximum atomic E-state index is 13.6. The molecule has 10 heteroatoms. The van der Waals surface area contributed by atoms with E-state index in [1.165, 1.54) is 25.3 Å². The molecular formula is C19H12Cl3N3O4. The second kappa shape index (κ2) is 7.02. The maximum absolute atomic E-state index is 13.6. The van der Waals surface area contributed by atoms with E-state index in [0.717, 1.165) is 4.90 Å². The van der Waals surface area contributed by atoms with Gasteiger partial charge in [0.05, 0.1) is 12.8 Å². The number of amides is 2. The number of hydrogen-bond donors (Lipinski definition) is 1. The smallest absolute Gasteiger partial charge is 0.355 e. The lowest BCUT2D eigenvalue weighted by Crippen LogP contribution is -2.48. The highest BCUT2D eigenvalue weighted by Gasteiger charge is 2.67. The van der Waals surface area contributed by atoms with E-state index < -0.39 is 29.2 Å². The van der Waals surface area contributed by atoms with Crippen molar-refractivity contribution in [3.8, 4) is 0 Å². The molecule has 0 spiro atoms. The van der Waals surface area contributed by atoms with Crippen LogP contribution in [0.4, 0.5) is 5.69 Å². The minimum Gasteiger partial charge on any atom is -0.464 e. The minimum absolute atomic E-state index is 0.186. The number of hydrogen-bond acceptors (Lipinski definition) is 6. The van der Waals surface area contributed by atoms with Crippen LogP contribution in [-0.2, 0) is 24.7 Å². The summed E-state index contributed by atoms with van der Waals surface area (Å²) in [5, 5.41) is 4.91. The van der Waals surface area contributed by atoms with E-state index in [9.17, 15) is 14.4 Å². The predicted octanol–water partition coefficient (Wildman–Crippen LogP) is 3.16. The van der Waals surface area contributed by atoms with Gasteiger partial charge in [-0.25, -0.2) is 9.69 Å². The number of rotatable bonds is 3. The fraction of sp³-hybridized carbons (Fsp3) is 0.158. The van der Waals surface area contributed by atoms with Gasteiger partial charge in [-0.2, -0.15) is 5.10 Å². The monoisotopic (exact) mass is 451 g/mol. The number of nitrogens with one attached hydrogen (secondary N) is 1. The first-order chi connectivity index (χ1) is 13.8. The standard InChI is InChI=1S/C19H12Cl3N3O4/c1-29-17(27)15-14-16(26)25(13-7-11(21)6-12(22)8-13)18(28)19(14,24-23-15)9-2-4-10(20)5-3-9/h2-8,14,24H,1H3. The average Bonchev–Trinajstić information content (AvgIpc) is 3.17. The molecule has 2 heterocycles. The number of hydrazone groups is 1. The molecule has 2 atom stereocenters. The van der Waals surface area contributed by atoms with Crippen molar-refractivity contribution in [2.45, 2.75) is 5.54 Å². The number of imide groups is 1. The normalized spacial score (nSPS) is 23.0. The van der Waals surface area contributed by atoms with Crippen LogP contribution >= 0.6 is 34.8 Å². The molecule has 0 aliphatic carbocycles. The fourth-order valence-electron chi connectivity index (χ4n) is 3.61. The molecule has 2 aromatic rings. The van der Waals surface area contributed by atoms with Crippen LogP contribution in [0.2, 0.25) is 15.1 Å². The number of esters is 1. The Kier molecular flexibility index (Phi) is 4.77. The van der Waals surface area contributed by atoms with Crippen LogP contribution in [-0.4, -0.2) is 30.6 Å². The molecule has 7 nitrogen and oxygen atoms in total. The Morgan fingerprint density at radius 2 is 1.69 bits per heavy atom. The molecule has 4 rings (SSSR count). The van der Waals surface area contributed by atoms with E-state index in [0.29, 0.717) is 10.6 Å². The number of carbonyl (C=O) groups excluding carboxylic acids is 3. The van der Waals surface area contributed by atoms with Crippen LogP contribution in [0, 0.1) is 5.92 Å². The van der Waals surface area contributed by atoms with Crippen molar-refractivity contribution in [3.63, 3.8) is 0 Å². The molecule has 1 fully saturated rings. The van der Waals surface area contributed by atoms with Crippen LogP contribution in [0.3, 0.4) is 0 Å². The van der Waals surface area contributed by atoms with E-state index in [2.05, 4.69) is 10.5 Å².